The van der Waals surface area contributed by atoms with Crippen LogP contribution in [0, 0.1) is 0 Å². The largest absolute Gasteiger partial charge is 0.504 e. The molecule has 0 amide bonds. The Morgan fingerprint density at radius 1 is 1.21 bits per heavy atom. The molecule has 5 N–H and O–H groups in total. The Morgan fingerprint density at radius 2 is 1.79 bits per heavy atom. The minimum Gasteiger partial charge on any atom is -0.504 e. The average Bonchev–Trinajstić information content (AvgIpc) is 2.08. The number of phenols is 2. The molecule has 0 aliphatic rings. The van der Waals surface area contributed by atoms with Gasteiger partial charge in [-0.2, -0.15) is 0 Å². The first-order chi connectivity index (χ1) is 6.02. The fourth-order valence-electron chi connectivity index (χ4n) is 1.03. The second-order valence-electron chi connectivity index (χ2n) is 3.01. The normalized spacial score (nSPS) is 14.2. The number of halogens is 1. The van der Waals surface area contributed by atoms with E-state index in [9.17, 15) is 0 Å². The van der Waals surface area contributed by atoms with Crippen LogP contribution in [0.25, 0.3) is 0 Å². The van der Waals surface area contributed by atoms with Crippen molar-refractivity contribution in [2.24, 2.45) is 5.73 Å². The third kappa shape index (κ3) is 2.77. The molecule has 0 heterocycles. The third-order valence-corrected chi connectivity index (χ3v) is 1.90. The molecule has 0 saturated carbocycles. The summed E-state index contributed by atoms with van der Waals surface area (Å²) in [7, 11) is 0. The maximum atomic E-state index is 9.17. The molecule has 0 radical (unpaired) electrons. The minimum absolute atomic E-state index is 0. The second-order valence-corrected chi connectivity index (χ2v) is 3.01. The first-order valence-corrected chi connectivity index (χ1v) is 3.98. The molecule has 14 heavy (non-hydrogen) atoms. The first-order valence-electron chi connectivity index (χ1n) is 3.98. The van der Waals surface area contributed by atoms with Crippen molar-refractivity contribution < 1.29 is 15.3 Å². The molecular weight excluding hydrogens is 206 g/mol. The highest BCUT2D eigenvalue weighted by molar-refractivity contribution is 5.85. The van der Waals surface area contributed by atoms with E-state index in [1.54, 1.807) is 13.0 Å². The van der Waals surface area contributed by atoms with Crippen molar-refractivity contribution in [3.05, 3.63) is 23.8 Å². The highest BCUT2D eigenvalue weighted by atomic mass is 35.5. The van der Waals surface area contributed by atoms with Gasteiger partial charge in [-0.15, -0.1) is 12.4 Å². The number of aromatic hydroxyl groups is 2. The number of phenolic OH excluding ortho intramolecular Hbond substituents is 2. The molecular formula is C9H14ClNO3. The van der Waals surface area contributed by atoms with Crippen LogP contribution >= 0.6 is 12.4 Å². The third-order valence-electron chi connectivity index (χ3n) is 1.90. The molecule has 1 aromatic rings. The number of rotatable bonds is 2. The van der Waals surface area contributed by atoms with Crippen LogP contribution in [0.1, 0.15) is 18.5 Å². The van der Waals surface area contributed by atoms with Crippen molar-refractivity contribution in [2.45, 2.75) is 19.1 Å². The minimum atomic E-state index is -0.691. The Hall–Kier alpha value is -0.970. The number of aliphatic hydroxyl groups excluding tert-OH is 1. The fraction of sp³-hybridized carbons (Fsp3) is 0.333. The lowest BCUT2D eigenvalue weighted by Gasteiger charge is -2.15. The van der Waals surface area contributed by atoms with E-state index < -0.39 is 12.1 Å². The van der Waals surface area contributed by atoms with Crippen LogP contribution in [0.2, 0.25) is 0 Å². The quantitative estimate of drug-likeness (QED) is 0.557. The summed E-state index contributed by atoms with van der Waals surface area (Å²) < 4.78 is 0. The van der Waals surface area contributed by atoms with Crippen molar-refractivity contribution in [3.8, 4) is 11.5 Å². The Kier molecular flexibility index (Phi) is 4.70. The molecule has 0 saturated heterocycles. The summed E-state index contributed by atoms with van der Waals surface area (Å²) >= 11 is 0. The van der Waals surface area contributed by atoms with Crippen LogP contribution in [0.4, 0.5) is 0 Å². The Balaban J connectivity index is 0.00000169. The molecule has 1 rings (SSSR count). The van der Waals surface area contributed by atoms with Gasteiger partial charge in [0.05, 0.1) is 12.1 Å². The summed E-state index contributed by atoms with van der Waals surface area (Å²) in [4.78, 5) is 0. The molecule has 0 spiro atoms. The Labute approximate surface area is 88.4 Å². The van der Waals surface area contributed by atoms with Crippen LogP contribution in [0.15, 0.2) is 18.2 Å². The van der Waals surface area contributed by atoms with Gasteiger partial charge in [0, 0.05) is 0 Å². The standard InChI is InChI=1S/C9H13NO3.ClH/c1-5(11)9(10)6-2-3-7(12)8(13)4-6;/h2-5,9,11-13H,10H2,1H3;1H/t5-,9-;/m0./s1. The van der Waals surface area contributed by atoms with E-state index in [1.807, 2.05) is 0 Å². The molecule has 0 aliphatic heterocycles. The zero-order chi connectivity index (χ0) is 10.0. The highest BCUT2D eigenvalue weighted by Gasteiger charge is 2.13. The van der Waals surface area contributed by atoms with Crippen molar-refractivity contribution in [1.82, 2.24) is 0 Å². The number of aliphatic hydroxyl groups is 1. The average molecular weight is 220 g/mol. The van der Waals surface area contributed by atoms with Crippen LogP contribution in [-0.2, 0) is 0 Å². The van der Waals surface area contributed by atoms with Crippen LogP contribution in [0.3, 0.4) is 0 Å². The van der Waals surface area contributed by atoms with E-state index in [0.29, 0.717) is 5.56 Å². The Bertz CT molecular complexity index is 304. The molecule has 2 atom stereocenters. The SMILES string of the molecule is C[C@H](O)[C@H](N)c1ccc(O)c(O)c1.Cl. The molecule has 80 valence electrons. The second kappa shape index (κ2) is 5.05. The molecule has 0 aliphatic carbocycles. The van der Waals surface area contributed by atoms with Crippen molar-refractivity contribution >= 4 is 12.4 Å². The number of hydrogen-bond acceptors (Lipinski definition) is 4. The van der Waals surface area contributed by atoms with Gasteiger partial charge in [-0.05, 0) is 24.6 Å². The van der Waals surface area contributed by atoms with Crippen molar-refractivity contribution in [1.29, 1.82) is 0 Å². The lowest BCUT2D eigenvalue weighted by Crippen LogP contribution is -2.22. The van der Waals surface area contributed by atoms with Gasteiger partial charge in [0.25, 0.3) is 0 Å². The predicted octanol–water partition coefficient (Wildman–Crippen LogP) is 0.900. The molecule has 0 bridgehead atoms. The van der Waals surface area contributed by atoms with Gasteiger partial charge in [0.2, 0.25) is 0 Å². The summed E-state index contributed by atoms with van der Waals surface area (Å²) in [5.41, 5.74) is 6.20. The van der Waals surface area contributed by atoms with E-state index in [1.165, 1.54) is 12.1 Å². The van der Waals surface area contributed by atoms with Gasteiger partial charge >= 0.3 is 0 Å². The van der Waals surface area contributed by atoms with Gasteiger partial charge in [-0.3, -0.25) is 0 Å². The van der Waals surface area contributed by atoms with Crippen LogP contribution < -0.4 is 5.73 Å². The van der Waals surface area contributed by atoms with E-state index >= 15 is 0 Å². The van der Waals surface area contributed by atoms with E-state index in [2.05, 4.69) is 0 Å². The van der Waals surface area contributed by atoms with Crippen LogP contribution in [-0.4, -0.2) is 21.4 Å². The first kappa shape index (κ1) is 13.0. The molecule has 4 nitrogen and oxygen atoms in total. The summed E-state index contributed by atoms with van der Waals surface area (Å²) in [5.74, 6) is -0.421. The maximum Gasteiger partial charge on any atom is 0.157 e. The summed E-state index contributed by atoms with van der Waals surface area (Å²) in [6, 6.07) is 3.69. The smallest absolute Gasteiger partial charge is 0.157 e. The topological polar surface area (TPSA) is 86.7 Å². The van der Waals surface area contributed by atoms with E-state index in [0.717, 1.165) is 0 Å². The number of benzene rings is 1. The molecule has 1 aromatic carbocycles. The van der Waals surface area contributed by atoms with Gasteiger partial charge < -0.3 is 21.1 Å². The molecule has 0 aromatic heterocycles. The van der Waals surface area contributed by atoms with Crippen LogP contribution in [0.5, 0.6) is 11.5 Å². The zero-order valence-corrected chi connectivity index (χ0v) is 8.53. The zero-order valence-electron chi connectivity index (χ0n) is 7.71. The lowest BCUT2D eigenvalue weighted by atomic mass is 10.0. The maximum absolute atomic E-state index is 9.17. The van der Waals surface area contributed by atoms with E-state index in [-0.39, 0.29) is 23.9 Å². The van der Waals surface area contributed by atoms with E-state index in [4.69, 9.17) is 21.1 Å². The number of nitrogens with two attached hydrogens (primary N) is 1. The molecule has 0 unspecified atom stereocenters. The van der Waals surface area contributed by atoms with Crippen molar-refractivity contribution in [2.75, 3.05) is 0 Å². The summed E-state index contributed by atoms with van der Waals surface area (Å²) in [6.07, 6.45) is -0.691. The molecule has 0 fully saturated rings. The lowest BCUT2D eigenvalue weighted by molar-refractivity contribution is 0.164. The molecule has 5 heteroatoms. The van der Waals surface area contributed by atoms with Gasteiger partial charge in [-0.25, -0.2) is 0 Å². The monoisotopic (exact) mass is 219 g/mol. The van der Waals surface area contributed by atoms with Gasteiger partial charge in [0.15, 0.2) is 11.5 Å². The fourth-order valence-corrected chi connectivity index (χ4v) is 1.03. The summed E-state index contributed by atoms with van der Waals surface area (Å²) in [6.45, 7) is 1.56. The highest BCUT2D eigenvalue weighted by Crippen LogP contribution is 2.27. The van der Waals surface area contributed by atoms with Gasteiger partial charge in [0.1, 0.15) is 0 Å². The number of hydrogen-bond donors (Lipinski definition) is 4. The van der Waals surface area contributed by atoms with Crippen molar-refractivity contribution in [3.63, 3.8) is 0 Å². The summed E-state index contributed by atoms with van der Waals surface area (Å²) in [5, 5.41) is 27.3. The Morgan fingerprint density at radius 3 is 2.21 bits per heavy atom. The predicted molar refractivity (Wildman–Crippen MR) is 55.6 cm³/mol. The van der Waals surface area contributed by atoms with Gasteiger partial charge in [-0.1, -0.05) is 6.07 Å².